The second kappa shape index (κ2) is 7.00. The first-order valence-electron chi connectivity index (χ1n) is 4.36. The van der Waals surface area contributed by atoms with Crippen LogP contribution in [0.15, 0.2) is 12.7 Å². The van der Waals surface area contributed by atoms with Gasteiger partial charge in [0.1, 0.15) is 12.2 Å². The van der Waals surface area contributed by atoms with Crippen LogP contribution in [0.4, 0.5) is 0 Å². The summed E-state index contributed by atoms with van der Waals surface area (Å²) in [5.74, 6) is -0.840. The molecular formula is C10H14O4. The van der Waals surface area contributed by atoms with Crippen molar-refractivity contribution in [3.05, 3.63) is 12.7 Å². The molecule has 0 aromatic heterocycles. The third kappa shape index (κ3) is 7.21. The molecule has 0 rings (SSSR count). The molecule has 14 heavy (non-hydrogen) atoms. The number of carbonyl (C=O) groups is 3. The van der Waals surface area contributed by atoms with E-state index in [9.17, 15) is 14.4 Å². The summed E-state index contributed by atoms with van der Waals surface area (Å²) in [5.41, 5.74) is 0. The van der Waals surface area contributed by atoms with Crippen molar-refractivity contribution in [3.63, 3.8) is 0 Å². The average molecular weight is 198 g/mol. The Bertz CT molecular complexity index is 243. The van der Waals surface area contributed by atoms with Crippen molar-refractivity contribution in [2.45, 2.75) is 26.2 Å². The Hall–Kier alpha value is -1.45. The quantitative estimate of drug-likeness (QED) is 0.265. The summed E-state index contributed by atoms with van der Waals surface area (Å²) < 4.78 is 4.70. The van der Waals surface area contributed by atoms with Crippen molar-refractivity contribution in [3.8, 4) is 0 Å². The number of hydrogen-bond acceptors (Lipinski definition) is 4. The van der Waals surface area contributed by atoms with Gasteiger partial charge in [0.15, 0.2) is 5.78 Å². The second-order valence-corrected chi connectivity index (χ2v) is 2.87. The summed E-state index contributed by atoms with van der Waals surface area (Å²) in [6.07, 6.45) is 1.82. The van der Waals surface area contributed by atoms with Gasteiger partial charge < -0.3 is 4.74 Å². The molecule has 0 saturated heterocycles. The minimum absolute atomic E-state index is 0.0763. The highest BCUT2D eigenvalue weighted by atomic mass is 16.5. The number of Topliss-reactive ketones (excluding diaryl/α,β-unsaturated/α-hetero) is 1. The van der Waals surface area contributed by atoms with Gasteiger partial charge in [-0.2, -0.15) is 0 Å². The molecule has 0 aliphatic heterocycles. The summed E-state index contributed by atoms with van der Waals surface area (Å²) in [4.78, 5) is 32.0. The number of esters is 1. The predicted octanol–water partition coefficient (Wildman–Crippen LogP) is 1.04. The van der Waals surface area contributed by atoms with E-state index in [0.717, 1.165) is 0 Å². The molecule has 0 N–H and O–H groups in total. The SMILES string of the molecule is C=CC(=O)CCCOC(=O)CC(C)=O. The van der Waals surface area contributed by atoms with Gasteiger partial charge in [-0.15, -0.1) is 0 Å². The van der Waals surface area contributed by atoms with Crippen LogP contribution in [0.25, 0.3) is 0 Å². The molecule has 0 unspecified atom stereocenters. The molecule has 0 amide bonds. The number of rotatable bonds is 7. The second-order valence-electron chi connectivity index (χ2n) is 2.87. The molecule has 0 aliphatic rings. The Labute approximate surface area is 82.9 Å². The molecule has 0 heterocycles. The lowest BCUT2D eigenvalue weighted by Gasteiger charge is -2.01. The highest BCUT2D eigenvalue weighted by molar-refractivity contribution is 5.94. The zero-order chi connectivity index (χ0) is 11.0. The van der Waals surface area contributed by atoms with Crippen LogP contribution in [0.1, 0.15) is 26.2 Å². The van der Waals surface area contributed by atoms with Crippen molar-refractivity contribution >= 4 is 17.5 Å². The predicted molar refractivity (Wildman–Crippen MR) is 50.7 cm³/mol. The van der Waals surface area contributed by atoms with Crippen LogP contribution in [0, 0.1) is 0 Å². The van der Waals surface area contributed by atoms with Crippen LogP contribution in [0.3, 0.4) is 0 Å². The lowest BCUT2D eigenvalue weighted by Crippen LogP contribution is -2.10. The summed E-state index contributed by atoms with van der Waals surface area (Å²) in [5, 5.41) is 0. The Morgan fingerprint density at radius 1 is 1.36 bits per heavy atom. The molecule has 0 radical (unpaired) electrons. The third-order valence-electron chi connectivity index (χ3n) is 1.45. The van der Waals surface area contributed by atoms with Crippen LogP contribution in [-0.4, -0.2) is 24.1 Å². The molecule has 78 valence electrons. The van der Waals surface area contributed by atoms with Crippen molar-refractivity contribution in [2.75, 3.05) is 6.61 Å². The van der Waals surface area contributed by atoms with E-state index in [2.05, 4.69) is 6.58 Å². The molecule has 0 aliphatic carbocycles. The lowest BCUT2D eigenvalue weighted by molar-refractivity contribution is -0.146. The Morgan fingerprint density at radius 2 is 2.00 bits per heavy atom. The smallest absolute Gasteiger partial charge is 0.313 e. The zero-order valence-corrected chi connectivity index (χ0v) is 8.25. The van der Waals surface area contributed by atoms with E-state index in [1.54, 1.807) is 0 Å². The molecule has 0 fully saturated rings. The Balaban J connectivity index is 3.45. The summed E-state index contributed by atoms with van der Waals surface area (Å²) >= 11 is 0. The topological polar surface area (TPSA) is 60.4 Å². The van der Waals surface area contributed by atoms with E-state index in [-0.39, 0.29) is 24.6 Å². The summed E-state index contributed by atoms with van der Waals surface area (Å²) in [6, 6.07) is 0. The number of hydrogen-bond donors (Lipinski definition) is 0. The largest absolute Gasteiger partial charge is 0.465 e. The highest BCUT2D eigenvalue weighted by Gasteiger charge is 2.05. The number of allylic oxidation sites excluding steroid dienone is 1. The maximum Gasteiger partial charge on any atom is 0.313 e. The van der Waals surface area contributed by atoms with E-state index in [1.165, 1.54) is 13.0 Å². The van der Waals surface area contributed by atoms with E-state index >= 15 is 0 Å². The lowest BCUT2D eigenvalue weighted by atomic mass is 10.2. The standard InChI is InChI=1S/C10H14O4/c1-3-9(12)5-4-6-14-10(13)7-8(2)11/h3H,1,4-7H2,2H3. The minimum atomic E-state index is -0.538. The van der Waals surface area contributed by atoms with Crippen molar-refractivity contribution in [2.24, 2.45) is 0 Å². The molecule has 4 heteroatoms. The Morgan fingerprint density at radius 3 is 2.50 bits per heavy atom. The first-order chi connectivity index (χ1) is 6.56. The van der Waals surface area contributed by atoms with Gasteiger partial charge in [0.05, 0.1) is 6.61 Å². The van der Waals surface area contributed by atoms with Gasteiger partial charge in [0, 0.05) is 6.42 Å². The van der Waals surface area contributed by atoms with Crippen molar-refractivity contribution in [1.29, 1.82) is 0 Å². The maximum atomic E-state index is 10.8. The van der Waals surface area contributed by atoms with Gasteiger partial charge in [0.2, 0.25) is 0 Å². The van der Waals surface area contributed by atoms with Gasteiger partial charge >= 0.3 is 5.97 Å². The van der Waals surface area contributed by atoms with Crippen molar-refractivity contribution < 1.29 is 19.1 Å². The molecule has 0 bridgehead atoms. The zero-order valence-electron chi connectivity index (χ0n) is 8.25. The van der Waals surface area contributed by atoms with E-state index < -0.39 is 5.97 Å². The normalized spacial score (nSPS) is 9.21. The van der Waals surface area contributed by atoms with Gasteiger partial charge in [-0.3, -0.25) is 14.4 Å². The fourth-order valence-electron chi connectivity index (χ4n) is 0.789. The number of carbonyl (C=O) groups excluding carboxylic acids is 3. The number of ether oxygens (including phenoxy) is 1. The third-order valence-corrected chi connectivity index (χ3v) is 1.45. The van der Waals surface area contributed by atoms with E-state index in [0.29, 0.717) is 12.8 Å². The van der Waals surface area contributed by atoms with Gasteiger partial charge in [-0.25, -0.2) is 0 Å². The number of ketones is 2. The van der Waals surface area contributed by atoms with Crippen LogP contribution in [0.2, 0.25) is 0 Å². The first-order valence-corrected chi connectivity index (χ1v) is 4.36. The molecule has 0 spiro atoms. The van der Waals surface area contributed by atoms with Crippen molar-refractivity contribution in [1.82, 2.24) is 0 Å². The van der Waals surface area contributed by atoms with Gasteiger partial charge in [-0.1, -0.05) is 6.58 Å². The minimum Gasteiger partial charge on any atom is -0.465 e. The van der Waals surface area contributed by atoms with Gasteiger partial charge in [-0.05, 0) is 19.4 Å². The van der Waals surface area contributed by atoms with Crippen LogP contribution < -0.4 is 0 Å². The fraction of sp³-hybridized carbons (Fsp3) is 0.500. The molecule has 4 nitrogen and oxygen atoms in total. The highest BCUT2D eigenvalue weighted by Crippen LogP contribution is 1.95. The van der Waals surface area contributed by atoms with Gasteiger partial charge in [0.25, 0.3) is 0 Å². The monoisotopic (exact) mass is 198 g/mol. The molecule has 0 saturated carbocycles. The van der Waals surface area contributed by atoms with E-state index in [1.807, 2.05) is 0 Å². The average Bonchev–Trinajstić information content (AvgIpc) is 2.10. The summed E-state index contributed by atoms with van der Waals surface area (Å²) in [7, 11) is 0. The van der Waals surface area contributed by atoms with E-state index in [4.69, 9.17) is 4.74 Å². The van der Waals surface area contributed by atoms with Crippen LogP contribution >= 0.6 is 0 Å². The van der Waals surface area contributed by atoms with Crippen LogP contribution in [0.5, 0.6) is 0 Å². The molecular weight excluding hydrogens is 184 g/mol. The molecule has 0 aromatic rings. The first kappa shape index (κ1) is 12.6. The fourth-order valence-corrected chi connectivity index (χ4v) is 0.789. The Kier molecular flexibility index (Phi) is 6.28. The molecule has 0 atom stereocenters. The summed E-state index contributed by atoms with van der Waals surface area (Å²) in [6.45, 7) is 4.81. The molecule has 0 aromatic carbocycles. The van der Waals surface area contributed by atoms with Crippen LogP contribution in [-0.2, 0) is 19.1 Å². The maximum absolute atomic E-state index is 10.8.